The molecular weight excluding hydrogens is 490 g/mol. The number of ether oxygens (including phenoxy) is 2. The highest BCUT2D eigenvalue weighted by Gasteiger charge is 2.16. The van der Waals surface area contributed by atoms with Crippen molar-refractivity contribution in [2.75, 3.05) is 0 Å². The maximum absolute atomic E-state index is 13.2. The number of carbonyl (C=O) groups excluding carboxylic acids is 1. The number of hydrogen-bond donors (Lipinski definition) is 1. The normalized spacial score (nSPS) is 12.0. The first-order valence-corrected chi connectivity index (χ1v) is 11.5. The highest BCUT2D eigenvalue weighted by molar-refractivity contribution is 6.35. The van der Waals surface area contributed by atoms with Crippen LogP contribution in [0.1, 0.15) is 18.1 Å². The second-order valence-corrected chi connectivity index (χ2v) is 8.53. The molecule has 0 bridgehead atoms. The van der Waals surface area contributed by atoms with Gasteiger partial charge in [-0.1, -0.05) is 65.7 Å². The van der Waals surface area contributed by atoms with Gasteiger partial charge in [0.25, 0.3) is 5.91 Å². The highest BCUT2D eigenvalue weighted by atomic mass is 35.5. The van der Waals surface area contributed by atoms with E-state index in [1.54, 1.807) is 31.2 Å². The molecule has 0 aromatic heterocycles. The number of hydrogen-bond acceptors (Lipinski definition) is 4. The highest BCUT2D eigenvalue weighted by Crippen LogP contribution is 2.29. The van der Waals surface area contributed by atoms with E-state index >= 15 is 0 Å². The largest absolute Gasteiger partial charge is 0.488 e. The summed E-state index contributed by atoms with van der Waals surface area (Å²) >= 11 is 12.0. The molecule has 1 N–H and O–H groups in total. The van der Waals surface area contributed by atoms with Crippen molar-refractivity contribution in [3.63, 3.8) is 0 Å². The van der Waals surface area contributed by atoms with E-state index in [0.29, 0.717) is 27.1 Å². The number of nitrogens with one attached hydrogen (secondary N) is 1. The van der Waals surface area contributed by atoms with Gasteiger partial charge in [0, 0.05) is 10.6 Å². The summed E-state index contributed by atoms with van der Waals surface area (Å²) in [5.74, 6) is 0.150. The minimum absolute atomic E-state index is 0.249. The monoisotopic (exact) mass is 510 g/mol. The zero-order chi connectivity index (χ0) is 24.8. The number of nitrogens with zero attached hydrogens (tertiary/aromatic N) is 1. The fourth-order valence-corrected chi connectivity index (χ4v) is 3.80. The van der Waals surface area contributed by atoms with Crippen LogP contribution < -0.4 is 14.9 Å². The number of fused-ring (bicyclic) bond motifs is 1. The molecule has 178 valence electrons. The molecular formula is C27H21Cl2FN2O3. The standard InChI is InChI=1S/C27H21Cl2FN2O3/c1-17(35-26-13-9-20(28)14-24(26)29)27(33)32-31-15-23-22-5-3-2-4-19(22)8-12-25(23)34-16-18-6-10-21(30)11-7-18/h2-15,17H,16H2,1H3,(H,32,33). The molecule has 0 fully saturated rings. The Morgan fingerprint density at radius 2 is 1.77 bits per heavy atom. The predicted molar refractivity (Wildman–Crippen MR) is 137 cm³/mol. The molecule has 0 aliphatic rings. The summed E-state index contributed by atoms with van der Waals surface area (Å²) in [5, 5.41) is 6.80. The average molecular weight is 511 g/mol. The molecule has 0 heterocycles. The van der Waals surface area contributed by atoms with Gasteiger partial charge >= 0.3 is 0 Å². The minimum Gasteiger partial charge on any atom is -0.488 e. The average Bonchev–Trinajstić information content (AvgIpc) is 2.85. The summed E-state index contributed by atoms with van der Waals surface area (Å²) in [6, 6.07) is 22.4. The Balaban J connectivity index is 1.49. The minimum atomic E-state index is -0.854. The van der Waals surface area contributed by atoms with Crippen LogP contribution in [-0.2, 0) is 11.4 Å². The lowest BCUT2D eigenvalue weighted by Gasteiger charge is -2.14. The van der Waals surface area contributed by atoms with Crippen molar-refractivity contribution in [2.45, 2.75) is 19.6 Å². The van der Waals surface area contributed by atoms with E-state index in [1.807, 2.05) is 36.4 Å². The number of carbonyl (C=O) groups is 1. The lowest BCUT2D eigenvalue weighted by atomic mass is 10.0. The van der Waals surface area contributed by atoms with E-state index in [2.05, 4.69) is 10.5 Å². The van der Waals surface area contributed by atoms with E-state index in [-0.39, 0.29) is 12.4 Å². The van der Waals surface area contributed by atoms with Crippen LogP contribution in [0.5, 0.6) is 11.5 Å². The van der Waals surface area contributed by atoms with Crippen LogP contribution in [0, 0.1) is 5.82 Å². The first-order valence-electron chi connectivity index (χ1n) is 10.7. The molecule has 8 heteroatoms. The Morgan fingerprint density at radius 1 is 1.03 bits per heavy atom. The number of rotatable bonds is 8. The molecule has 0 aliphatic carbocycles. The number of benzene rings is 4. The van der Waals surface area contributed by atoms with Crippen LogP contribution in [0.3, 0.4) is 0 Å². The molecule has 4 rings (SSSR count). The second kappa shape index (κ2) is 11.2. The first kappa shape index (κ1) is 24.5. The van der Waals surface area contributed by atoms with Crippen molar-refractivity contribution in [3.05, 3.63) is 106 Å². The Labute approximate surface area is 212 Å². The maximum Gasteiger partial charge on any atom is 0.280 e. The van der Waals surface area contributed by atoms with E-state index in [9.17, 15) is 9.18 Å². The fourth-order valence-electron chi connectivity index (χ4n) is 3.34. The number of hydrazone groups is 1. The van der Waals surface area contributed by atoms with Crippen LogP contribution in [0.4, 0.5) is 4.39 Å². The van der Waals surface area contributed by atoms with Crippen molar-refractivity contribution in [1.29, 1.82) is 0 Å². The fraction of sp³-hybridized carbons (Fsp3) is 0.111. The zero-order valence-corrected chi connectivity index (χ0v) is 20.2. The summed E-state index contributed by atoms with van der Waals surface area (Å²) in [6.45, 7) is 1.84. The molecule has 4 aromatic carbocycles. The van der Waals surface area contributed by atoms with Gasteiger partial charge in [-0.05, 0) is 59.7 Å². The van der Waals surface area contributed by atoms with E-state index in [4.69, 9.17) is 32.7 Å². The van der Waals surface area contributed by atoms with Crippen molar-refractivity contribution >= 4 is 46.1 Å². The van der Waals surface area contributed by atoms with Crippen LogP contribution in [0.25, 0.3) is 10.8 Å². The van der Waals surface area contributed by atoms with Gasteiger partial charge in [0.05, 0.1) is 11.2 Å². The van der Waals surface area contributed by atoms with Gasteiger partial charge in [-0.2, -0.15) is 5.10 Å². The Bertz CT molecular complexity index is 1380. The molecule has 35 heavy (non-hydrogen) atoms. The third-order valence-electron chi connectivity index (χ3n) is 5.17. The predicted octanol–water partition coefficient (Wildman–Crippen LogP) is 6.78. The van der Waals surface area contributed by atoms with Crippen molar-refractivity contribution in [3.8, 4) is 11.5 Å². The summed E-state index contributed by atoms with van der Waals surface area (Å²) in [4.78, 5) is 12.5. The third kappa shape index (κ3) is 6.29. The smallest absolute Gasteiger partial charge is 0.280 e. The summed E-state index contributed by atoms with van der Waals surface area (Å²) in [7, 11) is 0. The second-order valence-electron chi connectivity index (χ2n) is 7.68. The van der Waals surface area contributed by atoms with E-state index < -0.39 is 12.0 Å². The molecule has 0 saturated carbocycles. The molecule has 1 amide bonds. The molecule has 0 radical (unpaired) electrons. The molecule has 0 saturated heterocycles. The molecule has 5 nitrogen and oxygen atoms in total. The molecule has 1 unspecified atom stereocenters. The summed E-state index contributed by atoms with van der Waals surface area (Å²) < 4.78 is 24.8. The Morgan fingerprint density at radius 3 is 2.54 bits per heavy atom. The lowest BCUT2D eigenvalue weighted by molar-refractivity contribution is -0.127. The maximum atomic E-state index is 13.2. The van der Waals surface area contributed by atoms with Gasteiger partial charge in [-0.3, -0.25) is 4.79 Å². The Kier molecular flexibility index (Phi) is 7.85. The van der Waals surface area contributed by atoms with Crippen LogP contribution in [-0.4, -0.2) is 18.2 Å². The summed E-state index contributed by atoms with van der Waals surface area (Å²) in [5.41, 5.74) is 4.01. The summed E-state index contributed by atoms with van der Waals surface area (Å²) in [6.07, 6.45) is 0.676. The van der Waals surface area contributed by atoms with Gasteiger partial charge in [0.2, 0.25) is 0 Å². The third-order valence-corrected chi connectivity index (χ3v) is 5.70. The van der Waals surface area contributed by atoms with E-state index in [0.717, 1.165) is 16.3 Å². The molecule has 4 aromatic rings. The van der Waals surface area contributed by atoms with Gasteiger partial charge in [-0.15, -0.1) is 0 Å². The quantitative estimate of drug-likeness (QED) is 0.210. The topological polar surface area (TPSA) is 59.9 Å². The zero-order valence-electron chi connectivity index (χ0n) is 18.7. The van der Waals surface area contributed by atoms with Gasteiger partial charge < -0.3 is 9.47 Å². The lowest BCUT2D eigenvalue weighted by Crippen LogP contribution is -2.33. The van der Waals surface area contributed by atoms with Crippen LogP contribution >= 0.6 is 23.2 Å². The number of halogens is 3. The van der Waals surface area contributed by atoms with Gasteiger partial charge in [0.1, 0.15) is 23.9 Å². The Hall–Kier alpha value is -3.61. The van der Waals surface area contributed by atoms with Crippen molar-refractivity contribution < 1.29 is 18.7 Å². The molecule has 0 aliphatic heterocycles. The molecule has 0 spiro atoms. The first-order chi connectivity index (χ1) is 16.9. The SMILES string of the molecule is CC(Oc1ccc(Cl)cc1Cl)C(=O)NN=Cc1c(OCc2ccc(F)cc2)ccc2ccccc12. The molecule has 1 atom stereocenters. The van der Waals surface area contributed by atoms with E-state index in [1.165, 1.54) is 24.4 Å². The van der Waals surface area contributed by atoms with Gasteiger partial charge in [0.15, 0.2) is 6.10 Å². The van der Waals surface area contributed by atoms with Gasteiger partial charge in [-0.25, -0.2) is 9.82 Å². The van der Waals surface area contributed by atoms with Crippen LogP contribution in [0.15, 0.2) is 84.0 Å². The van der Waals surface area contributed by atoms with Crippen molar-refractivity contribution in [2.24, 2.45) is 5.10 Å². The van der Waals surface area contributed by atoms with Crippen molar-refractivity contribution in [1.82, 2.24) is 5.43 Å². The number of amides is 1. The van der Waals surface area contributed by atoms with Crippen LogP contribution in [0.2, 0.25) is 10.0 Å².